The standard InChI is InChI=1S/C16H27N5O.2ClH/c1-17-15(12-9-18-20(2)10-12)16(22)19-13-7-8-21(11-13)14-5-3-4-6-14;;/h9-10,13-15,17H,3-8,11H2,1-2H3,(H,19,22);2*1H. The van der Waals surface area contributed by atoms with Crippen LogP contribution in [0.4, 0.5) is 0 Å². The molecule has 1 aliphatic heterocycles. The average molecular weight is 378 g/mol. The van der Waals surface area contributed by atoms with E-state index in [9.17, 15) is 4.79 Å². The summed E-state index contributed by atoms with van der Waals surface area (Å²) in [6, 6.07) is 0.704. The van der Waals surface area contributed by atoms with E-state index in [1.54, 1.807) is 10.9 Å². The van der Waals surface area contributed by atoms with Crippen LogP contribution in [-0.2, 0) is 11.8 Å². The molecule has 2 aliphatic rings. The Bertz CT molecular complexity index is 518. The van der Waals surface area contributed by atoms with Crippen LogP contribution in [0.15, 0.2) is 12.4 Å². The van der Waals surface area contributed by atoms with Gasteiger partial charge in [-0.05, 0) is 26.3 Å². The predicted octanol–water partition coefficient (Wildman–Crippen LogP) is 1.66. The third-order valence-corrected chi connectivity index (χ3v) is 5.02. The lowest BCUT2D eigenvalue weighted by atomic mass is 10.1. The van der Waals surface area contributed by atoms with E-state index in [-0.39, 0.29) is 42.8 Å². The van der Waals surface area contributed by atoms with Crippen molar-refractivity contribution < 1.29 is 4.79 Å². The number of aryl methyl sites for hydroxylation is 1. The summed E-state index contributed by atoms with van der Waals surface area (Å²) in [5.41, 5.74) is 0.910. The van der Waals surface area contributed by atoms with Gasteiger partial charge in [0.1, 0.15) is 6.04 Å². The third kappa shape index (κ3) is 4.85. The number of rotatable bonds is 5. The zero-order valence-corrected chi connectivity index (χ0v) is 16.0. The van der Waals surface area contributed by atoms with Gasteiger partial charge in [-0.25, -0.2) is 0 Å². The number of halogens is 2. The molecule has 0 radical (unpaired) electrons. The molecule has 0 aromatic carbocycles. The van der Waals surface area contributed by atoms with Gasteiger partial charge in [-0.2, -0.15) is 5.10 Å². The van der Waals surface area contributed by atoms with Crippen LogP contribution in [0.5, 0.6) is 0 Å². The van der Waals surface area contributed by atoms with E-state index in [1.165, 1.54) is 25.7 Å². The summed E-state index contributed by atoms with van der Waals surface area (Å²) in [6.07, 6.45) is 10.1. The minimum Gasteiger partial charge on any atom is -0.350 e. The molecule has 8 heteroatoms. The number of aromatic nitrogens is 2. The summed E-state index contributed by atoms with van der Waals surface area (Å²) in [5, 5.41) is 10.5. The second kappa shape index (κ2) is 9.61. The average Bonchev–Trinajstić information content (AvgIpc) is 3.20. The maximum Gasteiger partial charge on any atom is 0.242 e. The Morgan fingerprint density at radius 2 is 2.00 bits per heavy atom. The number of likely N-dealkylation sites (tertiary alicyclic amines) is 1. The quantitative estimate of drug-likeness (QED) is 0.818. The van der Waals surface area contributed by atoms with Gasteiger partial charge in [0.15, 0.2) is 0 Å². The van der Waals surface area contributed by atoms with Crippen molar-refractivity contribution >= 4 is 30.7 Å². The number of hydrogen-bond acceptors (Lipinski definition) is 4. The van der Waals surface area contributed by atoms with E-state index in [1.807, 2.05) is 20.3 Å². The Labute approximate surface area is 156 Å². The molecule has 2 heterocycles. The largest absolute Gasteiger partial charge is 0.350 e. The lowest BCUT2D eigenvalue weighted by molar-refractivity contribution is -0.123. The molecule has 3 rings (SSSR count). The van der Waals surface area contributed by atoms with Crippen molar-refractivity contribution in [2.45, 2.75) is 50.2 Å². The summed E-state index contributed by atoms with van der Waals surface area (Å²) in [6.45, 7) is 2.12. The van der Waals surface area contributed by atoms with E-state index in [4.69, 9.17) is 0 Å². The topological polar surface area (TPSA) is 62.2 Å². The van der Waals surface area contributed by atoms with Crippen molar-refractivity contribution in [2.24, 2.45) is 7.05 Å². The van der Waals surface area contributed by atoms with Crippen LogP contribution in [0.2, 0.25) is 0 Å². The fourth-order valence-corrected chi connectivity index (χ4v) is 3.83. The van der Waals surface area contributed by atoms with Gasteiger partial charge in [-0.15, -0.1) is 24.8 Å². The first kappa shape index (κ1) is 21.2. The van der Waals surface area contributed by atoms with Crippen molar-refractivity contribution in [3.05, 3.63) is 18.0 Å². The van der Waals surface area contributed by atoms with Gasteiger partial charge in [-0.1, -0.05) is 12.8 Å². The minimum absolute atomic E-state index is 0. The summed E-state index contributed by atoms with van der Waals surface area (Å²) >= 11 is 0. The highest BCUT2D eigenvalue weighted by atomic mass is 35.5. The van der Waals surface area contributed by atoms with Crippen molar-refractivity contribution in [1.82, 2.24) is 25.3 Å². The molecule has 1 saturated heterocycles. The lowest BCUT2D eigenvalue weighted by Crippen LogP contribution is -2.43. The van der Waals surface area contributed by atoms with Crippen LogP contribution in [0.1, 0.15) is 43.7 Å². The molecular weight excluding hydrogens is 349 g/mol. The zero-order chi connectivity index (χ0) is 15.5. The Kier molecular flexibility index (Phi) is 8.50. The molecule has 1 aliphatic carbocycles. The van der Waals surface area contributed by atoms with Gasteiger partial charge in [0.05, 0.1) is 6.20 Å². The third-order valence-electron chi connectivity index (χ3n) is 5.02. The van der Waals surface area contributed by atoms with Crippen LogP contribution in [0, 0.1) is 0 Å². The highest BCUT2D eigenvalue weighted by Gasteiger charge is 2.32. The van der Waals surface area contributed by atoms with Gasteiger partial charge in [-0.3, -0.25) is 14.4 Å². The van der Waals surface area contributed by atoms with Gasteiger partial charge in [0.25, 0.3) is 0 Å². The maximum absolute atomic E-state index is 12.5. The Hall–Kier alpha value is -0.820. The molecule has 0 spiro atoms. The second-order valence-corrected chi connectivity index (χ2v) is 6.60. The van der Waals surface area contributed by atoms with Crippen LogP contribution < -0.4 is 10.6 Å². The molecule has 24 heavy (non-hydrogen) atoms. The molecule has 2 fully saturated rings. The van der Waals surface area contributed by atoms with Crippen LogP contribution in [0.3, 0.4) is 0 Å². The number of carbonyl (C=O) groups is 1. The first-order chi connectivity index (χ1) is 10.7. The zero-order valence-electron chi connectivity index (χ0n) is 14.4. The smallest absolute Gasteiger partial charge is 0.242 e. The van der Waals surface area contributed by atoms with Crippen molar-refractivity contribution in [3.63, 3.8) is 0 Å². The summed E-state index contributed by atoms with van der Waals surface area (Å²) in [4.78, 5) is 15.1. The molecule has 138 valence electrons. The normalized spacial score (nSPS) is 22.7. The molecule has 1 aromatic heterocycles. The molecule has 2 unspecified atom stereocenters. The van der Waals surface area contributed by atoms with E-state index < -0.39 is 0 Å². The number of nitrogens with zero attached hydrogens (tertiary/aromatic N) is 3. The molecule has 1 saturated carbocycles. The van der Waals surface area contributed by atoms with Crippen LogP contribution >= 0.6 is 24.8 Å². The highest BCUT2D eigenvalue weighted by molar-refractivity contribution is 5.85. The fraction of sp³-hybridized carbons (Fsp3) is 0.750. The first-order valence-electron chi connectivity index (χ1n) is 8.37. The monoisotopic (exact) mass is 377 g/mol. The van der Waals surface area contributed by atoms with E-state index >= 15 is 0 Å². The SMILES string of the molecule is CNC(C(=O)NC1CCN(C2CCCC2)C1)c1cnn(C)c1.Cl.Cl. The first-order valence-corrected chi connectivity index (χ1v) is 8.37. The maximum atomic E-state index is 12.5. The Morgan fingerprint density at radius 3 is 2.58 bits per heavy atom. The number of carbonyl (C=O) groups excluding carboxylic acids is 1. The van der Waals surface area contributed by atoms with E-state index in [0.29, 0.717) is 0 Å². The predicted molar refractivity (Wildman–Crippen MR) is 99.9 cm³/mol. The van der Waals surface area contributed by atoms with Crippen LogP contribution in [0.25, 0.3) is 0 Å². The Morgan fingerprint density at radius 1 is 1.29 bits per heavy atom. The second-order valence-electron chi connectivity index (χ2n) is 6.60. The summed E-state index contributed by atoms with van der Waals surface area (Å²) < 4.78 is 1.73. The minimum atomic E-state index is -0.325. The molecule has 1 aromatic rings. The molecule has 6 nitrogen and oxygen atoms in total. The molecule has 0 bridgehead atoms. The fourth-order valence-electron chi connectivity index (χ4n) is 3.83. The van der Waals surface area contributed by atoms with Gasteiger partial charge < -0.3 is 10.6 Å². The van der Waals surface area contributed by atoms with E-state index in [0.717, 1.165) is 31.1 Å². The number of amides is 1. The van der Waals surface area contributed by atoms with Gasteiger partial charge in [0, 0.05) is 44.0 Å². The summed E-state index contributed by atoms with van der Waals surface area (Å²) in [7, 11) is 3.68. The van der Waals surface area contributed by atoms with Crippen LogP contribution in [-0.4, -0.2) is 52.8 Å². The lowest BCUT2D eigenvalue weighted by Gasteiger charge is -2.24. The molecule has 2 N–H and O–H groups in total. The van der Waals surface area contributed by atoms with E-state index in [2.05, 4.69) is 20.6 Å². The molecular formula is C16H29Cl2N5O. The molecule has 2 atom stereocenters. The highest BCUT2D eigenvalue weighted by Crippen LogP contribution is 2.26. The van der Waals surface area contributed by atoms with Gasteiger partial charge >= 0.3 is 0 Å². The van der Waals surface area contributed by atoms with Crippen molar-refractivity contribution in [1.29, 1.82) is 0 Å². The van der Waals surface area contributed by atoms with Crippen molar-refractivity contribution in [2.75, 3.05) is 20.1 Å². The number of likely N-dealkylation sites (N-methyl/N-ethyl adjacent to an activating group) is 1. The Balaban J connectivity index is 0.00000144. The van der Waals surface area contributed by atoms with Crippen molar-refractivity contribution in [3.8, 4) is 0 Å². The number of nitrogens with one attached hydrogen (secondary N) is 2. The molecule has 1 amide bonds. The number of hydrogen-bond donors (Lipinski definition) is 2. The van der Waals surface area contributed by atoms with Gasteiger partial charge in [0.2, 0.25) is 5.91 Å². The summed E-state index contributed by atoms with van der Waals surface area (Å²) in [5.74, 6) is 0.0498.